The smallest absolute Gasteiger partial charge is 0.248 e. The lowest BCUT2D eigenvalue weighted by Crippen LogP contribution is -2.12. The monoisotopic (exact) mass is 279 g/mol. The molecule has 0 unspecified atom stereocenters. The number of nitrogens with zero attached hydrogens (tertiary/aromatic N) is 2. The predicted octanol–water partition coefficient (Wildman–Crippen LogP) is 2.04. The summed E-state index contributed by atoms with van der Waals surface area (Å²) in [7, 11) is 0. The molecule has 2 N–H and O–H groups in total. The number of amides is 1. The molecule has 0 aliphatic rings. The molecule has 4 nitrogen and oxygen atoms in total. The minimum Gasteiger partial charge on any atom is -0.366 e. The van der Waals surface area contributed by atoms with Crippen molar-refractivity contribution >= 4 is 21.8 Å². The van der Waals surface area contributed by atoms with E-state index in [0.29, 0.717) is 5.56 Å². The Labute approximate surface area is 101 Å². The molecule has 0 aliphatic heterocycles. The molecule has 1 amide bonds. The summed E-state index contributed by atoms with van der Waals surface area (Å²) < 4.78 is 2.63. The Morgan fingerprint density at radius 1 is 1.50 bits per heavy atom. The van der Waals surface area contributed by atoms with Gasteiger partial charge in [0.25, 0.3) is 0 Å². The third kappa shape index (κ3) is 1.99. The van der Waals surface area contributed by atoms with E-state index in [0.717, 1.165) is 15.7 Å². The normalized spacial score (nSPS) is 10.4. The first kappa shape index (κ1) is 10.9. The van der Waals surface area contributed by atoms with Crippen molar-refractivity contribution in [3.63, 3.8) is 0 Å². The zero-order chi connectivity index (χ0) is 11.7. The van der Waals surface area contributed by atoms with Crippen LogP contribution >= 0.6 is 15.9 Å². The Hall–Kier alpha value is -1.62. The molecule has 5 heteroatoms. The van der Waals surface area contributed by atoms with Crippen LogP contribution in [0.25, 0.3) is 5.69 Å². The maximum absolute atomic E-state index is 11.1. The highest BCUT2D eigenvalue weighted by molar-refractivity contribution is 9.10. The van der Waals surface area contributed by atoms with E-state index >= 15 is 0 Å². The quantitative estimate of drug-likeness (QED) is 0.915. The standard InChI is InChI=1S/C11H10BrN3O/c1-7-4-9(2-3-10(7)11(13)16)15-6-8(12)5-14-15/h2-6H,1H3,(H2,13,16). The van der Waals surface area contributed by atoms with Crippen LogP contribution in [-0.4, -0.2) is 15.7 Å². The van der Waals surface area contributed by atoms with E-state index in [1.54, 1.807) is 16.9 Å². The van der Waals surface area contributed by atoms with Gasteiger partial charge >= 0.3 is 0 Å². The van der Waals surface area contributed by atoms with Crippen LogP contribution in [0.15, 0.2) is 35.1 Å². The Balaban J connectivity index is 2.45. The first-order valence-corrected chi connectivity index (χ1v) is 5.48. The summed E-state index contributed by atoms with van der Waals surface area (Å²) in [6.07, 6.45) is 3.55. The zero-order valence-electron chi connectivity index (χ0n) is 8.64. The van der Waals surface area contributed by atoms with Gasteiger partial charge in [0.05, 0.1) is 16.4 Å². The summed E-state index contributed by atoms with van der Waals surface area (Å²) in [5.41, 5.74) is 7.52. The maximum atomic E-state index is 11.1. The van der Waals surface area contributed by atoms with Crippen LogP contribution in [0.1, 0.15) is 15.9 Å². The van der Waals surface area contributed by atoms with Gasteiger partial charge in [0.2, 0.25) is 5.91 Å². The van der Waals surface area contributed by atoms with Crippen LogP contribution in [0.5, 0.6) is 0 Å². The van der Waals surface area contributed by atoms with Crippen molar-refractivity contribution in [2.45, 2.75) is 6.92 Å². The van der Waals surface area contributed by atoms with Gasteiger partial charge in [-0.1, -0.05) is 0 Å². The Morgan fingerprint density at radius 3 is 2.75 bits per heavy atom. The van der Waals surface area contributed by atoms with Gasteiger partial charge in [0, 0.05) is 11.8 Å². The summed E-state index contributed by atoms with van der Waals surface area (Å²) in [6.45, 7) is 1.85. The second-order valence-electron chi connectivity index (χ2n) is 3.47. The minimum atomic E-state index is -0.411. The maximum Gasteiger partial charge on any atom is 0.248 e. The van der Waals surface area contributed by atoms with Gasteiger partial charge in [0.15, 0.2) is 0 Å². The fraction of sp³-hybridized carbons (Fsp3) is 0.0909. The van der Waals surface area contributed by atoms with E-state index in [2.05, 4.69) is 21.0 Å². The van der Waals surface area contributed by atoms with Crippen molar-refractivity contribution in [3.8, 4) is 5.69 Å². The highest BCUT2D eigenvalue weighted by Crippen LogP contribution is 2.16. The number of aryl methyl sites for hydroxylation is 1. The Morgan fingerprint density at radius 2 is 2.25 bits per heavy atom. The molecule has 0 bridgehead atoms. The molecule has 0 spiro atoms. The van der Waals surface area contributed by atoms with Crippen molar-refractivity contribution in [3.05, 3.63) is 46.2 Å². The summed E-state index contributed by atoms with van der Waals surface area (Å²) >= 11 is 3.33. The van der Waals surface area contributed by atoms with E-state index in [-0.39, 0.29) is 0 Å². The number of aromatic nitrogens is 2. The average molecular weight is 280 g/mol. The third-order valence-electron chi connectivity index (χ3n) is 2.29. The molecule has 82 valence electrons. The van der Waals surface area contributed by atoms with Crippen molar-refractivity contribution in [1.29, 1.82) is 0 Å². The Bertz CT molecular complexity index is 548. The lowest BCUT2D eigenvalue weighted by molar-refractivity contribution is 0.0999. The van der Waals surface area contributed by atoms with Gasteiger partial charge in [-0.2, -0.15) is 5.10 Å². The van der Waals surface area contributed by atoms with Crippen molar-refractivity contribution in [2.75, 3.05) is 0 Å². The second-order valence-corrected chi connectivity index (χ2v) is 4.38. The van der Waals surface area contributed by atoms with Crippen LogP contribution in [-0.2, 0) is 0 Å². The molecule has 1 aromatic carbocycles. The SMILES string of the molecule is Cc1cc(-n2cc(Br)cn2)ccc1C(N)=O. The molecule has 0 fully saturated rings. The van der Waals surface area contributed by atoms with Gasteiger partial charge < -0.3 is 5.73 Å². The topological polar surface area (TPSA) is 60.9 Å². The van der Waals surface area contributed by atoms with E-state index in [4.69, 9.17) is 5.73 Å². The van der Waals surface area contributed by atoms with Gasteiger partial charge in [0.1, 0.15) is 0 Å². The summed E-state index contributed by atoms with van der Waals surface area (Å²) in [5.74, 6) is -0.411. The number of hydrogen-bond acceptors (Lipinski definition) is 2. The van der Waals surface area contributed by atoms with Crippen LogP contribution in [0.2, 0.25) is 0 Å². The lowest BCUT2D eigenvalue weighted by atomic mass is 10.1. The fourth-order valence-electron chi connectivity index (χ4n) is 1.51. The molecule has 0 aliphatic carbocycles. The molecule has 2 aromatic rings. The molecule has 0 radical (unpaired) electrons. The summed E-state index contributed by atoms with van der Waals surface area (Å²) in [4.78, 5) is 11.1. The molecule has 2 rings (SSSR count). The second kappa shape index (κ2) is 4.09. The van der Waals surface area contributed by atoms with Gasteiger partial charge in [-0.25, -0.2) is 4.68 Å². The summed E-state index contributed by atoms with van der Waals surface area (Å²) in [5, 5.41) is 4.16. The minimum absolute atomic E-state index is 0.411. The highest BCUT2D eigenvalue weighted by Gasteiger charge is 2.06. The van der Waals surface area contributed by atoms with E-state index in [1.165, 1.54) is 0 Å². The van der Waals surface area contributed by atoms with Gasteiger partial charge in [-0.05, 0) is 46.6 Å². The number of primary amides is 1. The molecular weight excluding hydrogens is 270 g/mol. The number of halogens is 1. The molecule has 0 saturated heterocycles. The zero-order valence-corrected chi connectivity index (χ0v) is 10.2. The number of carbonyl (C=O) groups is 1. The third-order valence-corrected chi connectivity index (χ3v) is 2.70. The number of benzene rings is 1. The van der Waals surface area contributed by atoms with Gasteiger partial charge in [-0.3, -0.25) is 4.79 Å². The average Bonchev–Trinajstić information content (AvgIpc) is 2.64. The number of carbonyl (C=O) groups excluding carboxylic acids is 1. The highest BCUT2D eigenvalue weighted by atomic mass is 79.9. The lowest BCUT2D eigenvalue weighted by Gasteiger charge is -2.05. The van der Waals surface area contributed by atoms with Crippen molar-refractivity contribution < 1.29 is 4.79 Å². The Kier molecular flexibility index (Phi) is 2.78. The molecule has 16 heavy (non-hydrogen) atoms. The molecule has 1 aromatic heterocycles. The molecule has 1 heterocycles. The van der Waals surface area contributed by atoms with Crippen molar-refractivity contribution in [1.82, 2.24) is 9.78 Å². The fourth-order valence-corrected chi connectivity index (χ4v) is 1.79. The summed E-state index contributed by atoms with van der Waals surface area (Å²) in [6, 6.07) is 5.40. The van der Waals surface area contributed by atoms with Crippen LogP contribution in [0.4, 0.5) is 0 Å². The molecule has 0 saturated carbocycles. The first-order valence-electron chi connectivity index (χ1n) is 4.69. The number of hydrogen-bond donors (Lipinski definition) is 1. The number of rotatable bonds is 2. The largest absolute Gasteiger partial charge is 0.366 e. The van der Waals surface area contributed by atoms with Crippen molar-refractivity contribution in [2.24, 2.45) is 5.73 Å². The first-order chi connectivity index (χ1) is 7.58. The van der Waals surface area contributed by atoms with E-state index in [9.17, 15) is 4.79 Å². The van der Waals surface area contributed by atoms with E-state index in [1.807, 2.05) is 25.3 Å². The van der Waals surface area contributed by atoms with Crippen LogP contribution in [0.3, 0.4) is 0 Å². The predicted molar refractivity (Wildman–Crippen MR) is 64.5 cm³/mol. The molecular formula is C11H10BrN3O. The number of nitrogens with two attached hydrogens (primary N) is 1. The molecule has 0 atom stereocenters. The van der Waals surface area contributed by atoms with Crippen LogP contribution < -0.4 is 5.73 Å². The van der Waals surface area contributed by atoms with E-state index < -0.39 is 5.91 Å². The van der Waals surface area contributed by atoms with Crippen LogP contribution in [0, 0.1) is 6.92 Å². The van der Waals surface area contributed by atoms with Gasteiger partial charge in [-0.15, -0.1) is 0 Å².